The average molecular weight is 231 g/mol. The molecule has 1 N–H and O–H groups in total. The van der Waals surface area contributed by atoms with Crippen molar-refractivity contribution in [3.63, 3.8) is 0 Å². The molecule has 0 aromatic carbocycles. The van der Waals surface area contributed by atoms with Gasteiger partial charge in [-0.3, -0.25) is 0 Å². The zero-order valence-corrected chi connectivity index (χ0v) is 11.1. The monoisotopic (exact) mass is 231 g/mol. The Labute approximate surface area is 98.5 Å². The lowest BCUT2D eigenvalue weighted by Gasteiger charge is -2.29. The van der Waals surface area contributed by atoms with Crippen molar-refractivity contribution in [2.24, 2.45) is 5.92 Å². The van der Waals surface area contributed by atoms with Crippen LogP contribution in [0, 0.1) is 5.92 Å². The van der Waals surface area contributed by atoms with Crippen LogP contribution in [0.1, 0.15) is 32.6 Å². The summed E-state index contributed by atoms with van der Waals surface area (Å²) in [5.41, 5.74) is 0. The predicted molar refractivity (Wildman–Crippen MR) is 68.6 cm³/mol. The van der Waals surface area contributed by atoms with Gasteiger partial charge in [0.05, 0.1) is 0 Å². The molecule has 2 nitrogen and oxygen atoms in total. The van der Waals surface area contributed by atoms with Crippen molar-refractivity contribution < 1.29 is 4.74 Å². The van der Waals surface area contributed by atoms with Gasteiger partial charge in [-0.05, 0) is 31.4 Å². The van der Waals surface area contributed by atoms with Crippen LogP contribution in [-0.4, -0.2) is 37.8 Å². The zero-order chi connectivity index (χ0) is 11.1. The number of methoxy groups -OCH3 is 1. The zero-order valence-electron chi connectivity index (χ0n) is 10.3. The second-order valence-corrected chi connectivity index (χ2v) is 5.83. The van der Waals surface area contributed by atoms with Crippen LogP contribution >= 0.6 is 11.8 Å². The third-order valence-corrected chi connectivity index (χ3v) is 4.26. The molecule has 1 saturated carbocycles. The molecule has 0 spiro atoms. The van der Waals surface area contributed by atoms with Gasteiger partial charge in [0.25, 0.3) is 0 Å². The molecule has 0 aromatic rings. The molecule has 0 saturated heterocycles. The molecule has 3 unspecified atom stereocenters. The van der Waals surface area contributed by atoms with Gasteiger partial charge < -0.3 is 10.1 Å². The van der Waals surface area contributed by atoms with Crippen LogP contribution in [0.3, 0.4) is 0 Å². The number of thioether (sulfide) groups is 1. The number of rotatable bonds is 6. The van der Waals surface area contributed by atoms with E-state index in [0.29, 0.717) is 5.92 Å². The minimum atomic E-state index is 0.629. The van der Waals surface area contributed by atoms with Gasteiger partial charge in [-0.1, -0.05) is 13.3 Å². The Bertz CT molecular complexity index is 166. The highest BCUT2D eigenvalue weighted by atomic mass is 32.2. The molecule has 1 aliphatic carbocycles. The summed E-state index contributed by atoms with van der Waals surface area (Å²) in [6, 6.07) is 0.746. The maximum absolute atomic E-state index is 5.14. The van der Waals surface area contributed by atoms with Crippen molar-refractivity contribution in [1.82, 2.24) is 5.32 Å². The Morgan fingerprint density at radius 2 is 2.27 bits per heavy atom. The van der Waals surface area contributed by atoms with Gasteiger partial charge >= 0.3 is 0 Å². The lowest BCUT2D eigenvalue weighted by Crippen LogP contribution is -2.38. The normalized spacial score (nSPS) is 29.0. The highest BCUT2D eigenvalue weighted by Crippen LogP contribution is 2.26. The molecule has 0 radical (unpaired) electrons. The van der Waals surface area contributed by atoms with Crippen molar-refractivity contribution in [1.29, 1.82) is 0 Å². The number of ether oxygens (including phenoxy) is 1. The number of hydrogen-bond acceptors (Lipinski definition) is 3. The minimum Gasteiger partial charge on any atom is -0.384 e. The molecule has 0 bridgehead atoms. The van der Waals surface area contributed by atoms with Crippen molar-refractivity contribution in [3.8, 4) is 0 Å². The molecule has 3 heteroatoms. The molecule has 1 fully saturated rings. The molecule has 90 valence electrons. The first-order chi connectivity index (χ1) is 7.26. The summed E-state index contributed by atoms with van der Waals surface area (Å²) in [6.45, 7) is 4.21. The molecule has 1 aliphatic rings. The molecule has 0 aliphatic heterocycles. The van der Waals surface area contributed by atoms with Crippen LogP contribution in [-0.2, 0) is 4.74 Å². The lowest BCUT2D eigenvalue weighted by molar-refractivity contribution is 0.155. The third kappa shape index (κ3) is 5.23. The van der Waals surface area contributed by atoms with Gasteiger partial charge in [0.2, 0.25) is 0 Å². The van der Waals surface area contributed by atoms with Gasteiger partial charge in [0, 0.05) is 31.6 Å². The Balaban J connectivity index is 2.14. The molecule has 0 amide bonds. The van der Waals surface area contributed by atoms with Crippen LogP contribution in [0.15, 0.2) is 0 Å². The van der Waals surface area contributed by atoms with Gasteiger partial charge in [0.1, 0.15) is 0 Å². The molecule has 0 aromatic heterocycles. The summed E-state index contributed by atoms with van der Waals surface area (Å²) >= 11 is 2.03. The van der Waals surface area contributed by atoms with E-state index in [2.05, 4.69) is 18.5 Å². The van der Waals surface area contributed by atoms with Gasteiger partial charge in [0.15, 0.2) is 0 Å². The van der Waals surface area contributed by atoms with E-state index in [1.165, 1.54) is 25.7 Å². The fourth-order valence-electron chi connectivity index (χ4n) is 2.26. The molecular weight excluding hydrogens is 206 g/mol. The third-order valence-electron chi connectivity index (χ3n) is 3.17. The summed E-state index contributed by atoms with van der Waals surface area (Å²) in [4.78, 5) is 0. The van der Waals surface area contributed by atoms with E-state index in [9.17, 15) is 0 Å². The first kappa shape index (κ1) is 13.3. The summed E-state index contributed by atoms with van der Waals surface area (Å²) in [7, 11) is 1.78. The van der Waals surface area contributed by atoms with E-state index in [-0.39, 0.29) is 0 Å². The van der Waals surface area contributed by atoms with Gasteiger partial charge in [-0.2, -0.15) is 11.8 Å². The molecular formula is C12H25NOS. The van der Waals surface area contributed by atoms with Crippen molar-refractivity contribution >= 4 is 11.8 Å². The highest BCUT2D eigenvalue weighted by molar-refractivity contribution is 7.99. The molecule has 15 heavy (non-hydrogen) atoms. The molecule has 0 heterocycles. The van der Waals surface area contributed by atoms with E-state index in [4.69, 9.17) is 4.74 Å². The summed E-state index contributed by atoms with van der Waals surface area (Å²) in [5.74, 6) is 0.629. The number of hydrogen-bond donors (Lipinski definition) is 1. The second kappa shape index (κ2) is 7.53. The fraction of sp³-hybridized carbons (Fsp3) is 1.00. The Morgan fingerprint density at radius 1 is 1.47 bits per heavy atom. The second-order valence-electron chi connectivity index (χ2n) is 4.69. The smallest absolute Gasteiger partial charge is 0.0499 e. The van der Waals surface area contributed by atoms with E-state index >= 15 is 0 Å². The van der Waals surface area contributed by atoms with Crippen LogP contribution in [0.5, 0.6) is 0 Å². The molecule has 3 atom stereocenters. The average Bonchev–Trinajstić information content (AvgIpc) is 2.27. The summed E-state index contributed by atoms with van der Waals surface area (Å²) < 4.78 is 5.14. The maximum Gasteiger partial charge on any atom is 0.0499 e. The standard InChI is InChI=1S/C12H25NOS/c1-10(9-14-2)8-13-11-5-4-6-12(7-11)15-3/h10-13H,4-9H2,1-3H3. The largest absolute Gasteiger partial charge is 0.384 e. The van der Waals surface area contributed by atoms with Crippen LogP contribution in [0.4, 0.5) is 0 Å². The first-order valence-corrected chi connectivity index (χ1v) is 7.30. The summed E-state index contributed by atoms with van der Waals surface area (Å²) in [5, 5.41) is 4.56. The van der Waals surface area contributed by atoms with E-state index in [1.54, 1.807) is 7.11 Å². The molecule has 1 rings (SSSR count). The van der Waals surface area contributed by atoms with Crippen LogP contribution < -0.4 is 5.32 Å². The Kier molecular flexibility index (Phi) is 6.69. The maximum atomic E-state index is 5.14. The summed E-state index contributed by atoms with van der Waals surface area (Å²) in [6.07, 6.45) is 7.74. The number of nitrogens with one attached hydrogen (secondary N) is 1. The Morgan fingerprint density at radius 3 is 2.93 bits per heavy atom. The SMILES string of the molecule is COCC(C)CNC1CCCC(SC)C1. The topological polar surface area (TPSA) is 21.3 Å². The van der Waals surface area contributed by atoms with Crippen molar-refractivity contribution in [2.75, 3.05) is 26.5 Å². The lowest BCUT2D eigenvalue weighted by atomic mass is 9.94. The van der Waals surface area contributed by atoms with Crippen LogP contribution in [0.25, 0.3) is 0 Å². The van der Waals surface area contributed by atoms with Crippen LogP contribution in [0.2, 0.25) is 0 Å². The minimum absolute atomic E-state index is 0.629. The predicted octanol–water partition coefficient (Wildman–Crippen LogP) is 2.53. The van der Waals surface area contributed by atoms with Crippen molar-refractivity contribution in [2.45, 2.75) is 43.9 Å². The van der Waals surface area contributed by atoms with E-state index in [1.807, 2.05) is 11.8 Å². The first-order valence-electron chi connectivity index (χ1n) is 6.01. The highest BCUT2D eigenvalue weighted by Gasteiger charge is 2.20. The Hall–Kier alpha value is 0.270. The van der Waals surface area contributed by atoms with Gasteiger partial charge in [-0.25, -0.2) is 0 Å². The van der Waals surface area contributed by atoms with Crippen molar-refractivity contribution in [3.05, 3.63) is 0 Å². The van der Waals surface area contributed by atoms with E-state index < -0.39 is 0 Å². The fourth-order valence-corrected chi connectivity index (χ4v) is 3.08. The quantitative estimate of drug-likeness (QED) is 0.759. The van der Waals surface area contributed by atoms with E-state index in [0.717, 1.165) is 24.4 Å². The van der Waals surface area contributed by atoms with Gasteiger partial charge in [-0.15, -0.1) is 0 Å².